The second kappa shape index (κ2) is 7.20. The molecule has 0 radical (unpaired) electrons. The summed E-state index contributed by atoms with van der Waals surface area (Å²) in [6.07, 6.45) is 7.16. The first-order chi connectivity index (χ1) is 8.78. The topological polar surface area (TPSA) is 12.0 Å². The van der Waals surface area contributed by atoms with Gasteiger partial charge in [-0.05, 0) is 38.4 Å². The molecule has 1 saturated carbocycles. The number of nitrogens with one attached hydrogen (secondary N) is 1. The number of rotatable bonds is 6. The van der Waals surface area contributed by atoms with Crippen molar-refractivity contribution >= 4 is 11.8 Å². The maximum absolute atomic E-state index is 3.49. The molecule has 0 aliphatic heterocycles. The minimum atomic E-state index is 0.665. The number of aryl methyl sites for hydroxylation is 1. The van der Waals surface area contributed by atoms with Crippen molar-refractivity contribution in [2.75, 3.05) is 12.8 Å². The molecule has 1 unspecified atom stereocenters. The lowest BCUT2D eigenvalue weighted by molar-refractivity contribution is 0.427. The molecule has 2 heteroatoms. The Kier molecular flexibility index (Phi) is 5.58. The van der Waals surface area contributed by atoms with Gasteiger partial charge in [0.2, 0.25) is 0 Å². The van der Waals surface area contributed by atoms with Gasteiger partial charge in [0.25, 0.3) is 0 Å². The fourth-order valence-corrected chi connectivity index (χ4v) is 3.96. The highest BCUT2D eigenvalue weighted by Crippen LogP contribution is 2.30. The van der Waals surface area contributed by atoms with Crippen molar-refractivity contribution in [2.24, 2.45) is 5.92 Å². The molecule has 1 aliphatic rings. The van der Waals surface area contributed by atoms with Gasteiger partial charge in [0.15, 0.2) is 0 Å². The van der Waals surface area contributed by atoms with Crippen LogP contribution in [0.15, 0.2) is 29.2 Å². The summed E-state index contributed by atoms with van der Waals surface area (Å²) >= 11 is 1.99. The molecule has 0 aromatic heterocycles. The normalized spacial score (nSPS) is 18.1. The third kappa shape index (κ3) is 4.33. The average Bonchev–Trinajstić information content (AvgIpc) is 2.87. The first-order valence-electron chi connectivity index (χ1n) is 7.14. The Morgan fingerprint density at radius 2 is 2.11 bits per heavy atom. The van der Waals surface area contributed by atoms with Gasteiger partial charge >= 0.3 is 0 Å². The van der Waals surface area contributed by atoms with Crippen molar-refractivity contribution in [1.29, 1.82) is 0 Å². The summed E-state index contributed by atoms with van der Waals surface area (Å²) in [5.41, 5.74) is 1.36. The number of thioether (sulfide) groups is 1. The fourth-order valence-electron chi connectivity index (χ4n) is 2.82. The molecule has 1 nitrogen and oxygen atoms in total. The summed E-state index contributed by atoms with van der Waals surface area (Å²) in [6, 6.07) is 9.49. The summed E-state index contributed by atoms with van der Waals surface area (Å²) in [7, 11) is 2.11. The summed E-state index contributed by atoms with van der Waals surface area (Å²) in [6.45, 7) is 2.16. The number of hydrogen-bond acceptors (Lipinski definition) is 2. The minimum absolute atomic E-state index is 0.665. The summed E-state index contributed by atoms with van der Waals surface area (Å²) in [5, 5.41) is 3.49. The maximum atomic E-state index is 3.49. The molecule has 1 N–H and O–H groups in total. The molecule has 0 heterocycles. The van der Waals surface area contributed by atoms with Crippen molar-refractivity contribution < 1.29 is 0 Å². The Balaban J connectivity index is 1.79. The minimum Gasteiger partial charge on any atom is -0.316 e. The smallest absolute Gasteiger partial charge is 0.0161 e. The van der Waals surface area contributed by atoms with Crippen molar-refractivity contribution in [2.45, 2.75) is 50.0 Å². The molecule has 0 amide bonds. The molecule has 100 valence electrons. The van der Waals surface area contributed by atoms with Crippen LogP contribution in [0.5, 0.6) is 0 Å². The van der Waals surface area contributed by atoms with Gasteiger partial charge in [-0.15, -0.1) is 11.8 Å². The van der Waals surface area contributed by atoms with Gasteiger partial charge < -0.3 is 5.32 Å². The second-order valence-corrected chi connectivity index (χ2v) is 6.59. The van der Waals surface area contributed by atoms with Crippen LogP contribution in [0.3, 0.4) is 0 Å². The van der Waals surface area contributed by atoms with Crippen molar-refractivity contribution in [3.05, 3.63) is 29.8 Å². The van der Waals surface area contributed by atoms with E-state index in [1.54, 1.807) is 0 Å². The summed E-state index contributed by atoms with van der Waals surface area (Å²) in [5.74, 6) is 2.16. The van der Waals surface area contributed by atoms with Gasteiger partial charge in [0, 0.05) is 16.7 Å². The molecule has 1 atom stereocenters. The Bertz CT molecular complexity index is 358. The lowest BCUT2D eigenvalue weighted by atomic mass is 9.99. The third-order valence-corrected chi connectivity index (χ3v) is 5.10. The van der Waals surface area contributed by atoms with Crippen molar-refractivity contribution in [3.63, 3.8) is 0 Å². The van der Waals surface area contributed by atoms with E-state index in [2.05, 4.69) is 43.6 Å². The van der Waals surface area contributed by atoms with Gasteiger partial charge in [0.1, 0.15) is 0 Å². The Hall–Kier alpha value is -0.470. The third-order valence-electron chi connectivity index (χ3n) is 3.94. The van der Waals surface area contributed by atoms with E-state index in [1.807, 2.05) is 11.8 Å². The second-order valence-electron chi connectivity index (χ2n) is 5.50. The van der Waals surface area contributed by atoms with Crippen LogP contribution in [0.25, 0.3) is 0 Å². The van der Waals surface area contributed by atoms with Gasteiger partial charge in [-0.1, -0.05) is 43.4 Å². The van der Waals surface area contributed by atoms with Crippen LogP contribution >= 0.6 is 11.8 Å². The monoisotopic (exact) mass is 263 g/mol. The van der Waals surface area contributed by atoms with Crippen LogP contribution in [0.4, 0.5) is 0 Å². The quantitative estimate of drug-likeness (QED) is 0.770. The largest absolute Gasteiger partial charge is 0.316 e. The molecule has 0 saturated heterocycles. The highest BCUT2D eigenvalue weighted by Gasteiger charge is 2.19. The zero-order valence-corrected chi connectivity index (χ0v) is 12.4. The van der Waals surface area contributed by atoms with E-state index in [9.17, 15) is 0 Å². The Morgan fingerprint density at radius 3 is 2.78 bits per heavy atom. The molecule has 2 rings (SSSR count). The Morgan fingerprint density at radius 1 is 1.33 bits per heavy atom. The summed E-state index contributed by atoms with van der Waals surface area (Å²) in [4.78, 5) is 1.40. The predicted molar refractivity (Wildman–Crippen MR) is 81.3 cm³/mol. The summed E-state index contributed by atoms with van der Waals surface area (Å²) < 4.78 is 0. The van der Waals surface area contributed by atoms with E-state index in [1.165, 1.54) is 48.3 Å². The van der Waals surface area contributed by atoms with Crippen LogP contribution in [0.1, 0.15) is 37.7 Å². The van der Waals surface area contributed by atoms with E-state index in [0.717, 1.165) is 5.92 Å². The molecule has 0 bridgehead atoms. The van der Waals surface area contributed by atoms with Crippen LogP contribution < -0.4 is 5.32 Å². The lowest BCUT2D eigenvalue weighted by Crippen LogP contribution is -2.29. The van der Waals surface area contributed by atoms with E-state index in [-0.39, 0.29) is 0 Å². The van der Waals surface area contributed by atoms with Gasteiger partial charge in [-0.3, -0.25) is 0 Å². The highest BCUT2D eigenvalue weighted by molar-refractivity contribution is 7.99. The molecular weight excluding hydrogens is 238 g/mol. The first kappa shape index (κ1) is 14.0. The highest BCUT2D eigenvalue weighted by atomic mass is 32.2. The van der Waals surface area contributed by atoms with Gasteiger partial charge in [0.05, 0.1) is 0 Å². The van der Waals surface area contributed by atoms with Crippen LogP contribution in [-0.2, 0) is 0 Å². The molecule has 1 fully saturated rings. The zero-order valence-electron chi connectivity index (χ0n) is 11.6. The van der Waals surface area contributed by atoms with Crippen molar-refractivity contribution in [1.82, 2.24) is 5.32 Å². The molecule has 1 aromatic rings. The predicted octanol–water partition coefficient (Wildman–Crippen LogP) is 4.26. The molecular formula is C16H25NS. The average molecular weight is 263 g/mol. The zero-order chi connectivity index (χ0) is 12.8. The van der Waals surface area contributed by atoms with Crippen LogP contribution in [0.2, 0.25) is 0 Å². The van der Waals surface area contributed by atoms with Gasteiger partial charge in [-0.25, -0.2) is 0 Å². The number of benzene rings is 1. The van der Waals surface area contributed by atoms with E-state index < -0.39 is 0 Å². The van der Waals surface area contributed by atoms with Crippen molar-refractivity contribution in [3.8, 4) is 0 Å². The molecule has 1 aliphatic carbocycles. The first-order valence-corrected chi connectivity index (χ1v) is 8.13. The van der Waals surface area contributed by atoms with Crippen LogP contribution in [0, 0.1) is 12.8 Å². The van der Waals surface area contributed by atoms with Gasteiger partial charge in [-0.2, -0.15) is 0 Å². The molecule has 1 aromatic carbocycles. The van der Waals surface area contributed by atoms with E-state index >= 15 is 0 Å². The van der Waals surface area contributed by atoms with E-state index in [0.29, 0.717) is 6.04 Å². The molecule has 18 heavy (non-hydrogen) atoms. The fraction of sp³-hybridized carbons (Fsp3) is 0.625. The number of hydrogen-bond donors (Lipinski definition) is 1. The molecule has 0 spiro atoms. The lowest BCUT2D eigenvalue weighted by Gasteiger charge is -2.19. The van der Waals surface area contributed by atoms with Crippen LogP contribution in [-0.4, -0.2) is 18.8 Å². The Labute approximate surface area is 116 Å². The maximum Gasteiger partial charge on any atom is 0.0161 e. The van der Waals surface area contributed by atoms with E-state index in [4.69, 9.17) is 0 Å². The standard InChI is InChI=1S/C16H25NS/c1-13-6-5-9-16(10-13)18-12-15(17-2)11-14-7-3-4-8-14/h5-6,9-10,14-15,17H,3-4,7-8,11-12H2,1-2H3. The SMILES string of the molecule is CNC(CSc1cccc(C)c1)CC1CCCC1.